The molecule has 0 bridgehead atoms. The van der Waals surface area contributed by atoms with Crippen molar-refractivity contribution in [2.75, 3.05) is 12.4 Å². The van der Waals surface area contributed by atoms with Gasteiger partial charge in [0.25, 0.3) is 5.91 Å². The van der Waals surface area contributed by atoms with E-state index in [2.05, 4.69) is 12.2 Å². The summed E-state index contributed by atoms with van der Waals surface area (Å²) in [5.74, 6) is 2.91. The Bertz CT molecular complexity index is 751. The highest BCUT2D eigenvalue weighted by molar-refractivity contribution is 5.95. The lowest BCUT2D eigenvalue weighted by Gasteiger charge is -2.16. The van der Waals surface area contributed by atoms with Gasteiger partial charge in [0.15, 0.2) is 0 Å². The predicted molar refractivity (Wildman–Crippen MR) is 90.7 cm³/mol. The molecule has 1 aliphatic rings. The van der Waals surface area contributed by atoms with Crippen LogP contribution in [0.25, 0.3) is 0 Å². The first-order valence-corrected chi connectivity index (χ1v) is 7.94. The molecule has 2 unspecified atom stereocenters. The van der Waals surface area contributed by atoms with Crippen LogP contribution < -0.4 is 11.1 Å². The lowest BCUT2D eigenvalue weighted by molar-refractivity contribution is 0.0775. The minimum Gasteiger partial charge on any atom is -0.464 e. The maximum Gasteiger partial charge on any atom is 0.316 e. The zero-order valence-corrected chi connectivity index (χ0v) is 13.8. The van der Waals surface area contributed by atoms with E-state index in [0.29, 0.717) is 29.6 Å². The third-order valence-corrected chi connectivity index (χ3v) is 4.30. The molecular formula is C18H21N3O3. The third kappa shape index (κ3) is 3.59. The van der Waals surface area contributed by atoms with Crippen LogP contribution in [0.1, 0.15) is 41.1 Å². The standard InChI is InChI=1S/C18H21N3O3/c1-11-9-15(11)16-8-7-14(24-16)10-21(2)17(22)12-3-5-13(6-4-12)20-18(19)23/h3-8,11,15H,9-10H2,1-2H3,(H3,19,20,23). The second-order valence-electron chi connectivity index (χ2n) is 6.35. The molecule has 126 valence electrons. The number of carbonyl (C=O) groups excluding carboxylic acids is 2. The summed E-state index contributed by atoms with van der Waals surface area (Å²) in [5, 5.41) is 2.46. The van der Waals surface area contributed by atoms with E-state index >= 15 is 0 Å². The largest absolute Gasteiger partial charge is 0.464 e. The van der Waals surface area contributed by atoms with Crippen LogP contribution in [0.4, 0.5) is 10.5 Å². The first kappa shape index (κ1) is 16.1. The smallest absolute Gasteiger partial charge is 0.316 e. The van der Waals surface area contributed by atoms with Crippen LogP contribution in [-0.2, 0) is 6.54 Å². The van der Waals surface area contributed by atoms with Crippen molar-refractivity contribution in [3.63, 3.8) is 0 Å². The van der Waals surface area contributed by atoms with Crippen molar-refractivity contribution in [2.24, 2.45) is 11.7 Å². The molecule has 1 saturated carbocycles. The fraction of sp³-hybridized carbons (Fsp3) is 0.333. The lowest BCUT2D eigenvalue weighted by atomic mass is 10.2. The highest BCUT2D eigenvalue weighted by atomic mass is 16.3. The number of hydrogen-bond donors (Lipinski definition) is 2. The van der Waals surface area contributed by atoms with Gasteiger partial charge in [-0.2, -0.15) is 0 Å². The van der Waals surface area contributed by atoms with Gasteiger partial charge in [-0.25, -0.2) is 4.79 Å². The molecule has 24 heavy (non-hydrogen) atoms. The Morgan fingerprint density at radius 1 is 1.25 bits per heavy atom. The number of anilines is 1. The number of nitrogens with zero attached hydrogens (tertiary/aromatic N) is 1. The van der Waals surface area contributed by atoms with E-state index in [1.807, 2.05) is 12.1 Å². The zero-order valence-electron chi connectivity index (χ0n) is 13.8. The van der Waals surface area contributed by atoms with E-state index in [1.165, 1.54) is 6.42 Å². The lowest BCUT2D eigenvalue weighted by Crippen LogP contribution is -2.26. The van der Waals surface area contributed by atoms with Crippen LogP contribution >= 0.6 is 0 Å². The normalized spacial score (nSPS) is 18.9. The molecule has 0 aliphatic heterocycles. The maximum atomic E-state index is 12.5. The Hall–Kier alpha value is -2.76. The monoisotopic (exact) mass is 327 g/mol. The molecule has 0 radical (unpaired) electrons. The number of hydrogen-bond acceptors (Lipinski definition) is 3. The highest BCUT2D eigenvalue weighted by Crippen LogP contribution is 2.47. The Balaban J connectivity index is 1.61. The number of furan rings is 1. The van der Waals surface area contributed by atoms with Crippen LogP contribution in [0.2, 0.25) is 0 Å². The minimum absolute atomic E-state index is 0.113. The molecule has 1 heterocycles. The molecule has 2 atom stereocenters. The van der Waals surface area contributed by atoms with Gasteiger partial charge < -0.3 is 20.4 Å². The summed E-state index contributed by atoms with van der Waals surface area (Å²) in [5.41, 5.74) is 6.15. The van der Waals surface area contributed by atoms with E-state index in [0.717, 1.165) is 11.5 Å². The molecule has 1 aromatic carbocycles. The predicted octanol–water partition coefficient (Wildman–Crippen LogP) is 3.17. The quantitative estimate of drug-likeness (QED) is 0.884. The van der Waals surface area contributed by atoms with Crippen LogP contribution in [0.15, 0.2) is 40.8 Å². The average Bonchev–Trinajstić information content (AvgIpc) is 3.09. The maximum absolute atomic E-state index is 12.5. The molecule has 3 N–H and O–H groups in total. The van der Waals surface area contributed by atoms with Crippen LogP contribution in [-0.4, -0.2) is 23.9 Å². The van der Waals surface area contributed by atoms with E-state index in [-0.39, 0.29) is 5.91 Å². The van der Waals surface area contributed by atoms with E-state index in [1.54, 1.807) is 36.2 Å². The second kappa shape index (κ2) is 6.39. The number of rotatable bonds is 5. The fourth-order valence-electron chi connectivity index (χ4n) is 2.76. The topological polar surface area (TPSA) is 88.6 Å². The van der Waals surface area contributed by atoms with Gasteiger partial charge in [0.1, 0.15) is 11.5 Å². The van der Waals surface area contributed by atoms with Crippen LogP contribution in [0.3, 0.4) is 0 Å². The Labute approximate surface area is 140 Å². The molecule has 0 spiro atoms. The molecular weight excluding hydrogens is 306 g/mol. The van der Waals surface area contributed by atoms with E-state index in [9.17, 15) is 9.59 Å². The van der Waals surface area contributed by atoms with Gasteiger partial charge in [0.2, 0.25) is 0 Å². The highest BCUT2D eigenvalue weighted by Gasteiger charge is 2.36. The summed E-state index contributed by atoms with van der Waals surface area (Å²) in [7, 11) is 1.74. The zero-order chi connectivity index (χ0) is 17.3. The first-order valence-electron chi connectivity index (χ1n) is 7.94. The molecule has 3 rings (SSSR count). The molecule has 1 fully saturated rings. The summed E-state index contributed by atoms with van der Waals surface area (Å²) in [6.45, 7) is 2.63. The number of primary amides is 1. The van der Waals surface area contributed by atoms with E-state index in [4.69, 9.17) is 10.2 Å². The molecule has 1 aromatic heterocycles. The van der Waals surface area contributed by atoms with Crippen molar-refractivity contribution in [2.45, 2.75) is 25.8 Å². The van der Waals surface area contributed by atoms with Crippen molar-refractivity contribution >= 4 is 17.6 Å². The van der Waals surface area contributed by atoms with Crippen molar-refractivity contribution in [3.05, 3.63) is 53.5 Å². The van der Waals surface area contributed by atoms with Crippen LogP contribution in [0, 0.1) is 5.92 Å². The van der Waals surface area contributed by atoms with Gasteiger partial charge in [-0.05, 0) is 48.7 Å². The van der Waals surface area contributed by atoms with Gasteiger partial charge in [-0.15, -0.1) is 0 Å². The summed E-state index contributed by atoms with van der Waals surface area (Å²) in [6.07, 6.45) is 1.17. The van der Waals surface area contributed by atoms with Gasteiger partial charge in [-0.3, -0.25) is 4.79 Å². The molecule has 6 nitrogen and oxygen atoms in total. The number of urea groups is 1. The fourth-order valence-corrected chi connectivity index (χ4v) is 2.76. The second-order valence-corrected chi connectivity index (χ2v) is 6.35. The number of amides is 3. The Morgan fingerprint density at radius 2 is 1.92 bits per heavy atom. The Kier molecular flexibility index (Phi) is 4.29. The number of nitrogens with one attached hydrogen (secondary N) is 1. The third-order valence-electron chi connectivity index (χ3n) is 4.30. The first-order chi connectivity index (χ1) is 11.4. The van der Waals surface area contributed by atoms with Crippen LogP contribution in [0.5, 0.6) is 0 Å². The van der Waals surface area contributed by atoms with Gasteiger partial charge in [0.05, 0.1) is 6.54 Å². The molecule has 6 heteroatoms. The summed E-state index contributed by atoms with van der Waals surface area (Å²) in [4.78, 5) is 24.9. The van der Waals surface area contributed by atoms with Gasteiger partial charge >= 0.3 is 6.03 Å². The molecule has 3 amide bonds. The minimum atomic E-state index is -0.634. The average molecular weight is 327 g/mol. The number of benzene rings is 1. The molecule has 2 aromatic rings. The van der Waals surface area contributed by atoms with Gasteiger partial charge in [0, 0.05) is 24.2 Å². The van der Waals surface area contributed by atoms with E-state index < -0.39 is 6.03 Å². The summed E-state index contributed by atoms with van der Waals surface area (Å²) < 4.78 is 5.84. The summed E-state index contributed by atoms with van der Waals surface area (Å²) in [6, 6.07) is 9.91. The van der Waals surface area contributed by atoms with Crippen molar-refractivity contribution in [3.8, 4) is 0 Å². The van der Waals surface area contributed by atoms with Crippen molar-refractivity contribution in [1.82, 2.24) is 4.90 Å². The van der Waals surface area contributed by atoms with Crippen molar-refractivity contribution in [1.29, 1.82) is 0 Å². The SMILES string of the molecule is CC1CC1c1ccc(CN(C)C(=O)c2ccc(NC(N)=O)cc2)o1. The number of nitrogens with two attached hydrogens (primary N) is 1. The van der Waals surface area contributed by atoms with Crippen molar-refractivity contribution < 1.29 is 14.0 Å². The summed E-state index contributed by atoms with van der Waals surface area (Å²) >= 11 is 0. The molecule has 0 saturated heterocycles. The Morgan fingerprint density at radius 3 is 2.50 bits per heavy atom. The van der Waals surface area contributed by atoms with Gasteiger partial charge in [-0.1, -0.05) is 6.92 Å². The number of carbonyl (C=O) groups is 2. The molecule has 1 aliphatic carbocycles.